The lowest BCUT2D eigenvalue weighted by molar-refractivity contribution is 0.579. The minimum absolute atomic E-state index is 0.0995. The molecule has 0 bridgehead atoms. The maximum Gasteiger partial charge on any atom is 0.208 e. The van der Waals surface area contributed by atoms with Crippen LogP contribution in [0.4, 0.5) is 0 Å². The Morgan fingerprint density at radius 2 is 2.00 bits per heavy atom. The second kappa shape index (κ2) is 6.78. The van der Waals surface area contributed by atoms with E-state index < -0.39 is 10.0 Å². The molecule has 0 spiro atoms. The van der Waals surface area contributed by atoms with Crippen molar-refractivity contribution in [1.82, 2.24) is 15.0 Å². The van der Waals surface area contributed by atoms with Crippen LogP contribution in [-0.4, -0.2) is 32.7 Å². The van der Waals surface area contributed by atoms with Gasteiger partial charge in [-0.15, -0.1) is 11.3 Å². The summed E-state index contributed by atoms with van der Waals surface area (Å²) >= 11 is 1.72. The fourth-order valence-corrected chi connectivity index (χ4v) is 2.87. The molecule has 0 saturated carbocycles. The quantitative estimate of drug-likeness (QED) is 0.748. The molecule has 0 saturated heterocycles. The largest absolute Gasteiger partial charge is 0.312 e. The second-order valence-electron chi connectivity index (χ2n) is 5.58. The van der Waals surface area contributed by atoms with Gasteiger partial charge in [-0.25, -0.2) is 18.1 Å². The Hall–Kier alpha value is -0.500. The van der Waals surface area contributed by atoms with Gasteiger partial charge in [0.25, 0.3) is 0 Å². The molecule has 0 atom stereocenters. The van der Waals surface area contributed by atoms with Crippen molar-refractivity contribution >= 4 is 21.4 Å². The Morgan fingerprint density at radius 3 is 2.53 bits per heavy atom. The van der Waals surface area contributed by atoms with Crippen molar-refractivity contribution in [2.24, 2.45) is 0 Å². The molecule has 1 heterocycles. The molecule has 7 heteroatoms. The zero-order valence-electron chi connectivity index (χ0n) is 12.0. The topological polar surface area (TPSA) is 71.1 Å². The van der Waals surface area contributed by atoms with Crippen molar-refractivity contribution in [3.63, 3.8) is 0 Å². The number of nitrogens with one attached hydrogen (secondary N) is 2. The van der Waals surface area contributed by atoms with Gasteiger partial charge in [-0.05, 0) is 13.0 Å². The molecule has 0 aliphatic carbocycles. The Kier molecular flexibility index (Phi) is 5.91. The SMILES string of the molecule is CC(C)(C)c1ncc(CNCCCNS(C)(=O)=O)s1. The highest BCUT2D eigenvalue weighted by molar-refractivity contribution is 7.88. The van der Waals surface area contributed by atoms with Crippen molar-refractivity contribution in [1.29, 1.82) is 0 Å². The molecule has 0 amide bonds. The number of rotatable bonds is 7. The zero-order valence-corrected chi connectivity index (χ0v) is 13.6. The molecule has 1 rings (SSSR count). The second-order valence-corrected chi connectivity index (χ2v) is 8.53. The first kappa shape index (κ1) is 16.6. The lowest BCUT2D eigenvalue weighted by Crippen LogP contribution is -2.26. The molecule has 0 radical (unpaired) electrons. The number of hydrogen-bond acceptors (Lipinski definition) is 5. The molecule has 0 unspecified atom stereocenters. The van der Waals surface area contributed by atoms with Gasteiger partial charge in [0, 0.05) is 29.6 Å². The van der Waals surface area contributed by atoms with E-state index in [1.165, 1.54) is 11.1 Å². The summed E-state index contributed by atoms with van der Waals surface area (Å²) in [6.45, 7) is 8.50. The lowest BCUT2D eigenvalue weighted by atomic mass is 9.98. The number of aromatic nitrogens is 1. The number of nitrogens with zero attached hydrogens (tertiary/aromatic N) is 1. The average Bonchev–Trinajstić information content (AvgIpc) is 2.69. The van der Waals surface area contributed by atoms with Crippen molar-refractivity contribution < 1.29 is 8.42 Å². The summed E-state index contributed by atoms with van der Waals surface area (Å²) in [5.41, 5.74) is 0.0995. The average molecular weight is 305 g/mol. The van der Waals surface area contributed by atoms with Crippen molar-refractivity contribution in [3.05, 3.63) is 16.1 Å². The molecular formula is C12H23N3O2S2. The van der Waals surface area contributed by atoms with Crippen LogP contribution < -0.4 is 10.0 Å². The summed E-state index contributed by atoms with van der Waals surface area (Å²) in [5, 5.41) is 4.43. The van der Waals surface area contributed by atoms with Gasteiger partial charge in [0.2, 0.25) is 10.0 Å². The van der Waals surface area contributed by atoms with E-state index in [2.05, 4.69) is 35.8 Å². The monoisotopic (exact) mass is 305 g/mol. The van der Waals surface area contributed by atoms with E-state index in [1.54, 1.807) is 11.3 Å². The summed E-state index contributed by atoms with van der Waals surface area (Å²) < 4.78 is 24.2. The van der Waals surface area contributed by atoms with E-state index >= 15 is 0 Å². The van der Waals surface area contributed by atoms with Crippen LogP contribution in [0.25, 0.3) is 0 Å². The molecule has 0 aliphatic rings. The summed E-state index contributed by atoms with van der Waals surface area (Å²) in [6.07, 6.45) is 3.86. The fourth-order valence-electron chi connectivity index (χ4n) is 1.42. The van der Waals surface area contributed by atoms with E-state index in [1.807, 2.05) is 6.20 Å². The standard InChI is InChI=1S/C12H23N3O2S2/c1-12(2,3)11-14-9-10(18-11)8-13-6-5-7-15-19(4,16)17/h9,13,15H,5-8H2,1-4H3. The van der Waals surface area contributed by atoms with Crippen LogP contribution >= 0.6 is 11.3 Å². The Morgan fingerprint density at radius 1 is 1.32 bits per heavy atom. The van der Waals surface area contributed by atoms with Crippen LogP contribution in [-0.2, 0) is 22.0 Å². The molecule has 1 aromatic rings. The summed E-state index contributed by atoms with van der Waals surface area (Å²) in [4.78, 5) is 5.63. The summed E-state index contributed by atoms with van der Waals surface area (Å²) in [5.74, 6) is 0. The molecule has 0 aromatic carbocycles. The van der Waals surface area contributed by atoms with Crippen LogP contribution in [0.15, 0.2) is 6.20 Å². The van der Waals surface area contributed by atoms with Gasteiger partial charge in [0.05, 0.1) is 11.3 Å². The Labute approximate surface area is 119 Å². The van der Waals surface area contributed by atoms with Crippen molar-refractivity contribution in [2.75, 3.05) is 19.3 Å². The molecule has 0 fully saturated rings. The predicted molar refractivity (Wildman–Crippen MR) is 80.0 cm³/mol. The first-order valence-corrected chi connectivity index (χ1v) is 9.00. The van der Waals surface area contributed by atoms with Gasteiger partial charge in [-0.3, -0.25) is 0 Å². The van der Waals surface area contributed by atoms with Gasteiger partial charge in [-0.1, -0.05) is 20.8 Å². The number of hydrogen-bond donors (Lipinski definition) is 2. The Balaban J connectivity index is 2.22. The van der Waals surface area contributed by atoms with E-state index in [0.717, 1.165) is 24.5 Å². The van der Waals surface area contributed by atoms with E-state index in [0.29, 0.717) is 6.54 Å². The number of sulfonamides is 1. The van der Waals surface area contributed by atoms with Gasteiger partial charge in [0.1, 0.15) is 0 Å². The van der Waals surface area contributed by atoms with Crippen LogP contribution in [0.3, 0.4) is 0 Å². The number of thiazole rings is 1. The van der Waals surface area contributed by atoms with Gasteiger partial charge >= 0.3 is 0 Å². The minimum atomic E-state index is -3.06. The van der Waals surface area contributed by atoms with Crippen LogP contribution in [0.1, 0.15) is 37.1 Å². The highest BCUT2D eigenvalue weighted by atomic mass is 32.2. The molecular weight excluding hydrogens is 282 g/mol. The van der Waals surface area contributed by atoms with Crippen LogP contribution in [0.2, 0.25) is 0 Å². The Bertz CT molecular complexity index is 489. The third-order valence-electron chi connectivity index (χ3n) is 2.39. The third-order valence-corrected chi connectivity index (χ3v) is 4.54. The first-order valence-electron chi connectivity index (χ1n) is 6.29. The molecule has 1 aromatic heterocycles. The van der Waals surface area contributed by atoms with Gasteiger partial charge in [-0.2, -0.15) is 0 Å². The fraction of sp³-hybridized carbons (Fsp3) is 0.750. The molecule has 2 N–H and O–H groups in total. The molecule has 19 heavy (non-hydrogen) atoms. The summed E-state index contributed by atoms with van der Waals surface area (Å²) in [7, 11) is -3.06. The normalized spacial score (nSPS) is 12.8. The highest BCUT2D eigenvalue weighted by Gasteiger charge is 2.17. The summed E-state index contributed by atoms with van der Waals surface area (Å²) in [6, 6.07) is 0. The predicted octanol–water partition coefficient (Wildman–Crippen LogP) is 1.47. The van der Waals surface area contributed by atoms with E-state index in [-0.39, 0.29) is 5.41 Å². The molecule has 5 nitrogen and oxygen atoms in total. The van der Waals surface area contributed by atoms with Crippen molar-refractivity contribution in [2.45, 2.75) is 39.2 Å². The smallest absolute Gasteiger partial charge is 0.208 e. The van der Waals surface area contributed by atoms with E-state index in [4.69, 9.17) is 0 Å². The van der Waals surface area contributed by atoms with Crippen molar-refractivity contribution in [3.8, 4) is 0 Å². The first-order chi connectivity index (χ1) is 8.68. The molecule has 110 valence electrons. The lowest BCUT2D eigenvalue weighted by Gasteiger charge is -2.13. The maximum absolute atomic E-state index is 10.8. The maximum atomic E-state index is 10.8. The van der Waals surface area contributed by atoms with Crippen LogP contribution in [0.5, 0.6) is 0 Å². The van der Waals surface area contributed by atoms with E-state index in [9.17, 15) is 8.42 Å². The molecule has 0 aliphatic heterocycles. The highest BCUT2D eigenvalue weighted by Crippen LogP contribution is 2.26. The van der Waals surface area contributed by atoms with Crippen LogP contribution in [0, 0.1) is 0 Å². The van der Waals surface area contributed by atoms with Gasteiger partial charge < -0.3 is 5.32 Å². The minimum Gasteiger partial charge on any atom is -0.312 e. The third kappa shape index (κ3) is 7.00. The zero-order chi connectivity index (χ0) is 14.5. The van der Waals surface area contributed by atoms with Gasteiger partial charge in [0.15, 0.2) is 0 Å².